The van der Waals surface area contributed by atoms with Crippen LogP contribution in [-0.4, -0.2) is 65.0 Å². The van der Waals surface area contributed by atoms with Crippen LogP contribution in [0.1, 0.15) is 29.0 Å². The standard InChI is InChI=1S/C17H23N7O2.CH3F/c1-22(19)11-13(18)15-9-14(17(25)23-7-3-4-8-23)21-24(15)12-5-6-16(26-2)20-10-12;1-2/h5-6,9-11H,3-4,7-8,18-19H2,1-2H3;1H3/b13-11-;. The van der Waals surface area contributed by atoms with Crippen molar-refractivity contribution >= 4 is 11.6 Å². The molecule has 3 rings (SSSR count). The molecule has 1 saturated heterocycles. The smallest absolute Gasteiger partial charge is 0.274 e. The Morgan fingerprint density at radius 1 is 1.32 bits per heavy atom. The number of ether oxygens (including phenoxy) is 1. The molecule has 0 aliphatic carbocycles. The first-order chi connectivity index (χ1) is 13.5. The molecule has 0 saturated carbocycles. The van der Waals surface area contributed by atoms with E-state index in [1.54, 1.807) is 54.3 Å². The van der Waals surface area contributed by atoms with Crippen molar-refractivity contribution in [3.63, 3.8) is 0 Å². The van der Waals surface area contributed by atoms with Crippen LogP contribution in [-0.2, 0) is 0 Å². The second-order valence-corrected chi connectivity index (χ2v) is 6.13. The van der Waals surface area contributed by atoms with Gasteiger partial charge in [0.25, 0.3) is 5.91 Å². The summed E-state index contributed by atoms with van der Waals surface area (Å²) in [6, 6.07) is 5.20. The van der Waals surface area contributed by atoms with Crippen molar-refractivity contribution in [1.82, 2.24) is 24.7 Å². The normalized spacial score (nSPS) is 13.8. The highest BCUT2D eigenvalue weighted by molar-refractivity contribution is 5.93. The lowest BCUT2D eigenvalue weighted by molar-refractivity contribution is 0.0786. The lowest BCUT2D eigenvalue weighted by atomic mass is 10.2. The van der Waals surface area contributed by atoms with E-state index in [9.17, 15) is 9.18 Å². The average molecular weight is 391 g/mol. The maximum absolute atomic E-state index is 12.7. The Kier molecular flexibility index (Phi) is 7.33. The van der Waals surface area contributed by atoms with Crippen molar-refractivity contribution in [2.24, 2.45) is 11.6 Å². The molecule has 2 aromatic heterocycles. The molecule has 1 amide bonds. The third-order valence-corrected chi connectivity index (χ3v) is 4.13. The molecular formula is C18H26FN7O2. The Balaban J connectivity index is 0.00000136. The fraction of sp³-hybridized carbons (Fsp3) is 0.389. The van der Waals surface area contributed by atoms with Gasteiger partial charge in [-0.15, -0.1) is 0 Å². The number of aromatic nitrogens is 3. The number of pyridine rings is 1. The maximum Gasteiger partial charge on any atom is 0.274 e. The lowest BCUT2D eigenvalue weighted by Crippen LogP contribution is -2.28. The quantitative estimate of drug-likeness (QED) is 0.580. The van der Waals surface area contributed by atoms with Crippen molar-refractivity contribution < 1.29 is 13.9 Å². The number of nitrogens with two attached hydrogens (primary N) is 2. The van der Waals surface area contributed by atoms with Gasteiger partial charge in [-0.25, -0.2) is 15.5 Å². The van der Waals surface area contributed by atoms with Crippen LogP contribution in [0.5, 0.6) is 5.88 Å². The van der Waals surface area contributed by atoms with Gasteiger partial charge in [-0.05, 0) is 25.0 Å². The van der Waals surface area contributed by atoms with Crippen LogP contribution < -0.4 is 16.3 Å². The third kappa shape index (κ3) is 4.77. The number of methoxy groups -OCH3 is 1. The zero-order valence-electron chi connectivity index (χ0n) is 16.3. The molecule has 0 atom stereocenters. The number of hydrogen-bond donors (Lipinski definition) is 2. The molecule has 0 unspecified atom stereocenters. The van der Waals surface area contributed by atoms with Crippen LogP contribution in [0.15, 0.2) is 30.6 Å². The molecule has 9 nitrogen and oxygen atoms in total. The highest BCUT2D eigenvalue weighted by atomic mass is 19.1. The summed E-state index contributed by atoms with van der Waals surface area (Å²) in [6.07, 6.45) is 5.21. The number of likely N-dealkylation sites (tertiary alicyclic amines) is 1. The van der Waals surface area contributed by atoms with E-state index in [1.807, 2.05) is 0 Å². The van der Waals surface area contributed by atoms with E-state index in [-0.39, 0.29) is 5.91 Å². The van der Waals surface area contributed by atoms with E-state index in [0.717, 1.165) is 25.9 Å². The SMILES string of the molecule is CF.COc1ccc(-n2nc(C(=O)N3CCCC3)cc2/C(N)=C/N(C)N)cn1. The van der Waals surface area contributed by atoms with Gasteiger partial charge in [-0.1, -0.05) is 0 Å². The van der Waals surface area contributed by atoms with E-state index in [0.29, 0.717) is 35.8 Å². The Morgan fingerprint density at radius 2 is 2.00 bits per heavy atom. The van der Waals surface area contributed by atoms with Crippen LogP contribution in [0.4, 0.5) is 4.39 Å². The van der Waals surface area contributed by atoms with E-state index in [2.05, 4.69) is 10.1 Å². The topological polar surface area (TPSA) is 116 Å². The summed E-state index contributed by atoms with van der Waals surface area (Å²) in [6.45, 7) is 1.50. The summed E-state index contributed by atoms with van der Waals surface area (Å²) >= 11 is 0. The lowest BCUT2D eigenvalue weighted by Gasteiger charge is -2.12. The first-order valence-corrected chi connectivity index (χ1v) is 8.72. The summed E-state index contributed by atoms with van der Waals surface area (Å²) in [4.78, 5) is 18.7. The molecule has 0 radical (unpaired) electrons. The number of hydrogen-bond acceptors (Lipinski definition) is 7. The summed E-state index contributed by atoms with van der Waals surface area (Å²) in [5.41, 5.74) is 8.13. The Labute approximate surface area is 163 Å². The molecule has 1 fully saturated rings. The minimum absolute atomic E-state index is 0.0992. The van der Waals surface area contributed by atoms with Crippen molar-refractivity contribution in [3.8, 4) is 11.6 Å². The van der Waals surface area contributed by atoms with Crippen LogP contribution in [0, 0.1) is 0 Å². The minimum atomic E-state index is -0.0992. The van der Waals surface area contributed by atoms with Crippen LogP contribution >= 0.6 is 0 Å². The summed E-state index contributed by atoms with van der Waals surface area (Å²) in [5.74, 6) is 6.05. The van der Waals surface area contributed by atoms with Gasteiger partial charge in [0, 0.05) is 32.4 Å². The molecule has 0 aromatic carbocycles. The Bertz CT molecular complexity index is 812. The van der Waals surface area contributed by atoms with Crippen LogP contribution in [0.3, 0.4) is 0 Å². The molecule has 152 valence electrons. The zero-order valence-corrected chi connectivity index (χ0v) is 16.3. The minimum Gasteiger partial charge on any atom is -0.481 e. The molecular weight excluding hydrogens is 365 g/mol. The molecule has 28 heavy (non-hydrogen) atoms. The van der Waals surface area contributed by atoms with Gasteiger partial charge in [0.15, 0.2) is 5.69 Å². The van der Waals surface area contributed by atoms with Crippen molar-refractivity contribution in [1.29, 1.82) is 0 Å². The van der Waals surface area contributed by atoms with Gasteiger partial charge in [0.1, 0.15) is 0 Å². The second kappa shape index (κ2) is 9.70. The predicted octanol–water partition coefficient (Wildman–Crippen LogP) is 1.16. The van der Waals surface area contributed by atoms with E-state index in [4.69, 9.17) is 16.3 Å². The number of rotatable bonds is 5. The van der Waals surface area contributed by atoms with E-state index >= 15 is 0 Å². The summed E-state index contributed by atoms with van der Waals surface area (Å²) in [7, 11) is 3.71. The van der Waals surface area contributed by atoms with Gasteiger partial charge >= 0.3 is 0 Å². The fourth-order valence-corrected chi connectivity index (χ4v) is 2.87. The van der Waals surface area contributed by atoms with Gasteiger partial charge in [-0.2, -0.15) is 5.10 Å². The molecule has 10 heteroatoms. The Hall–Kier alpha value is -3.14. The van der Waals surface area contributed by atoms with Gasteiger partial charge < -0.3 is 20.4 Å². The Morgan fingerprint density at radius 3 is 2.54 bits per heavy atom. The van der Waals surface area contributed by atoms with Crippen molar-refractivity contribution in [2.45, 2.75) is 12.8 Å². The first kappa shape index (κ1) is 21.2. The van der Waals surface area contributed by atoms with E-state index < -0.39 is 0 Å². The largest absolute Gasteiger partial charge is 0.481 e. The van der Waals surface area contributed by atoms with Crippen molar-refractivity contribution in [2.75, 3.05) is 34.4 Å². The monoisotopic (exact) mass is 391 g/mol. The van der Waals surface area contributed by atoms with Crippen LogP contribution in [0.25, 0.3) is 11.4 Å². The number of hydrazine groups is 1. The number of halogens is 1. The fourth-order valence-electron chi connectivity index (χ4n) is 2.87. The molecule has 1 aliphatic heterocycles. The number of alkyl halides is 1. The number of nitrogens with zero attached hydrogens (tertiary/aromatic N) is 5. The molecule has 2 aromatic rings. The zero-order chi connectivity index (χ0) is 20.7. The average Bonchev–Trinajstić information content (AvgIpc) is 3.39. The number of amides is 1. The summed E-state index contributed by atoms with van der Waals surface area (Å²) < 4.78 is 16.2. The predicted molar refractivity (Wildman–Crippen MR) is 104 cm³/mol. The molecule has 0 bridgehead atoms. The van der Waals surface area contributed by atoms with Crippen LogP contribution in [0.2, 0.25) is 0 Å². The first-order valence-electron chi connectivity index (χ1n) is 8.72. The molecule has 3 heterocycles. The second-order valence-electron chi connectivity index (χ2n) is 6.13. The van der Waals surface area contributed by atoms with Gasteiger partial charge in [0.05, 0.1) is 37.6 Å². The van der Waals surface area contributed by atoms with E-state index in [1.165, 1.54) is 5.01 Å². The molecule has 0 spiro atoms. The van der Waals surface area contributed by atoms with Crippen molar-refractivity contribution in [3.05, 3.63) is 42.0 Å². The molecule has 4 N–H and O–H groups in total. The third-order valence-electron chi connectivity index (χ3n) is 4.13. The number of carbonyl (C=O) groups is 1. The van der Waals surface area contributed by atoms with Gasteiger partial charge in [0.2, 0.25) is 5.88 Å². The van der Waals surface area contributed by atoms with Gasteiger partial charge in [-0.3, -0.25) is 9.18 Å². The maximum atomic E-state index is 12.7. The highest BCUT2D eigenvalue weighted by Gasteiger charge is 2.24. The highest BCUT2D eigenvalue weighted by Crippen LogP contribution is 2.20. The number of carbonyl (C=O) groups excluding carboxylic acids is 1. The molecule has 1 aliphatic rings. The summed E-state index contributed by atoms with van der Waals surface area (Å²) in [5, 5.41) is 5.82.